The van der Waals surface area contributed by atoms with Gasteiger partial charge in [0.15, 0.2) is 0 Å². The van der Waals surface area contributed by atoms with Gasteiger partial charge in [-0.05, 0) is 6.42 Å². The van der Waals surface area contributed by atoms with E-state index in [0.717, 1.165) is 0 Å². The lowest BCUT2D eigenvalue weighted by Crippen LogP contribution is -2.10. The maximum Gasteiger partial charge on any atom is 0.313 e. The van der Waals surface area contributed by atoms with Gasteiger partial charge in [-0.15, -0.1) is 11.8 Å². The van der Waals surface area contributed by atoms with Gasteiger partial charge in [-0.25, -0.2) is 0 Å². The van der Waals surface area contributed by atoms with Gasteiger partial charge in [-0.3, -0.25) is 4.79 Å². The lowest BCUT2D eigenvalue weighted by molar-refractivity contribution is -0.133. The Morgan fingerprint density at radius 3 is 2.70 bits per heavy atom. The summed E-state index contributed by atoms with van der Waals surface area (Å²) in [5.74, 6) is -0.229. The molecule has 0 radical (unpaired) electrons. The van der Waals surface area contributed by atoms with Crippen molar-refractivity contribution in [1.29, 1.82) is 0 Å². The number of hydrogen-bond donors (Lipinski definition) is 2. The molecule has 60 valence electrons. The molecule has 10 heavy (non-hydrogen) atoms. The van der Waals surface area contributed by atoms with Crippen LogP contribution in [0.2, 0.25) is 0 Å². The Labute approximate surface area is 64.4 Å². The van der Waals surface area contributed by atoms with E-state index >= 15 is 0 Å². The third-order valence-corrected chi connectivity index (χ3v) is 2.08. The van der Waals surface area contributed by atoms with E-state index in [0.29, 0.717) is 12.2 Å². The van der Waals surface area contributed by atoms with Gasteiger partial charge in [0.05, 0.1) is 11.9 Å². The maximum absolute atomic E-state index is 9.97. The summed E-state index contributed by atoms with van der Waals surface area (Å²) < 4.78 is 0. The second-order valence-electron chi connectivity index (χ2n) is 1.97. The molecule has 1 unspecified atom stereocenters. The SMILES string of the molecule is CCC(O)CSCC(=O)O. The molecular formula is C6H12O3S. The van der Waals surface area contributed by atoms with Crippen molar-refractivity contribution in [1.82, 2.24) is 0 Å². The average molecular weight is 164 g/mol. The van der Waals surface area contributed by atoms with Gasteiger partial charge in [0.1, 0.15) is 0 Å². The maximum atomic E-state index is 9.97. The largest absolute Gasteiger partial charge is 0.481 e. The lowest BCUT2D eigenvalue weighted by atomic mass is 10.3. The van der Waals surface area contributed by atoms with Gasteiger partial charge in [0.2, 0.25) is 0 Å². The standard InChI is InChI=1S/C6H12O3S/c1-2-5(7)3-10-4-6(8)9/h5,7H,2-4H2,1H3,(H,8,9). The van der Waals surface area contributed by atoms with Crippen LogP contribution >= 0.6 is 11.8 Å². The Bertz CT molecular complexity index is 105. The first kappa shape index (κ1) is 9.78. The molecule has 0 aromatic carbocycles. The predicted molar refractivity (Wildman–Crippen MR) is 41.3 cm³/mol. The molecular weight excluding hydrogens is 152 g/mol. The van der Waals surface area contributed by atoms with E-state index in [1.807, 2.05) is 6.92 Å². The van der Waals surface area contributed by atoms with Crippen molar-refractivity contribution in [2.45, 2.75) is 19.4 Å². The molecule has 3 nitrogen and oxygen atoms in total. The monoisotopic (exact) mass is 164 g/mol. The fourth-order valence-electron chi connectivity index (χ4n) is 0.400. The number of carboxylic acids is 1. The van der Waals surface area contributed by atoms with E-state index in [1.54, 1.807) is 0 Å². The van der Waals surface area contributed by atoms with Crippen molar-refractivity contribution >= 4 is 17.7 Å². The molecule has 0 fully saturated rings. The zero-order chi connectivity index (χ0) is 7.98. The minimum absolute atomic E-state index is 0.0804. The van der Waals surface area contributed by atoms with Gasteiger partial charge in [-0.2, -0.15) is 0 Å². The van der Waals surface area contributed by atoms with Crippen LogP contribution in [0.1, 0.15) is 13.3 Å². The van der Waals surface area contributed by atoms with Crippen LogP contribution in [-0.4, -0.2) is 33.8 Å². The highest BCUT2D eigenvalue weighted by Crippen LogP contribution is 2.04. The smallest absolute Gasteiger partial charge is 0.313 e. The Hall–Kier alpha value is -0.220. The highest BCUT2D eigenvalue weighted by Gasteiger charge is 2.02. The highest BCUT2D eigenvalue weighted by molar-refractivity contribution is 7.99. The van der Waals surface area contributed by atoms with Crippen LogP contribution in [0.3, 0.4) is 0 Å². The van der Waals surface area contributed by atoms with Crippen molar-refractivity contribution in [3.05, 3.63) is 0 Å². The molecule has 0 heterocycles. The summed E-state index contributed by atoms with van der Waals surface area (Å²) in [6.07, 6.45) is 0.330. The van der Waals surface area contributed by atoms with Crippen LogP contribution in [0.4, 0.5) is 0 Å². The number of aliphatic hydroxyl groups excluding tert-OH is 1. The number of aliphatic hydroxyl groups is 1. The molecule has 0 aliphatic heterocycles. The van der Waals surface area contributed by atoms with Crippen molar-refractivity contribution in [3.8, 4) is 0 Å². The Morgan fingerprint density at radius 2 is 2.30 bits per heavy atom. The van der Waals surface area contributed by atoms with Gasteiger partial charge >= 0.3 is 5.97 Å². The molecule has 1 atom stereocenters. The molecule has 0 aliphatic rings. The summed E-state index contributed by atoms with van der Waals surface area (Å²) in [6.45, 7) is 1.87. The molecule has 0 aromatic rings. The fourth-order valence-corrected chi connectivity index (χ4v) is 1.20. The Kier molecular flexibility index (Phi) is 5.43. The molecule has 0 spiro atoms. The summed E-state index contributed by atoms with van der Waals surface area (Å²) in [4.78, 5) is 9.97. The summed E-state index contributed by atoms with van der Waals surface area (Å²) in [5, 5.41) is 17.2. The minimum atomic E-state index is -0.826. The summed E-state index contributed by atoms with van der Waals surface area (Å²) in [5.41, 5.74) is 0. The van der Waals surface area contributed by atoms with Crippen LogP contribution < -0.4 is 0 Å². The second-order valence-corrected chi connectivity index (χ2v) is 3.00. The molecule has 0 bridgehead atoms. The molecule has 0 saturated heterocycles. The zero-order valence-corrected chi connectivity index (χ0v) is 6.73. The number of hydrogen-bond acceptors (Lipinski definition) is 3. The number of rotatable bonds is 5. The normalized spacial score (nSPS) is 13.0. The van der Waals surface area contributed by atoms with E-state index in [-0.39, 0.29) is 11.9 Å². The Balaban J connectivity index is 3.11. The third kappa shape index (κ3) is 5.91. The second kappa shape index (κ2) is 5.56. The van der Waals surface area contributed by atoms with Crippen LogP contribution in [0, 0.1) is 0 Å². The van der Waals surface area contributed by atoms with E-state index in [2.05, 4.69) is 0 Å². The average Bonchev–Trinajstić information content (AvgIpc) is 1.87. The van der Waals surface area contributed by atoms with Gasteiger partial charge in [0, 0.05) is 5.75 Å². The topological polar surface area (TPSA) is 57.5 Å². The first-order chi connectivity index (χ1) is 4.66. The van der Waals surface area contributed by atoms with Crippen LogP contribution in [-0.2, 0) is 4.79 Å². The van der Waals surface area contributed by atoms with E-state index in [4.69, 9.17) is 10.2 Å². The van der Waals surface area contributed by atoms with Crippen molar-refractivity contribution in [3.63, 3.8) is 0 Å². The first-order valence-corrected chi connectivity index (χ1v) is 4.30. The summed E-state index contributed by atoms with van der Waals surface area (Å²) in [6, 6.07) is 0. The van der Waals surface area contributed by atoms with Crippen molar-refractivity contribution in [2.75, 3.05) is 11.5 Å². The third-order valence-electron chi connectivity index (χ3n) is 1.01. The quantitative estimate of drug-likeness (QED) is 0.624. The van der Waals surface area contributed by atoms with Crippen LogP contribution in [0.5, 0.6) is 0 Å². The van der Waals surface area contributed by atoms with E-state index in [9.17, 15) is 4.79 Å². The number of carboxylic acid groups (broad SMARTS) is 1. The summed E-state index contributed by atoms with van der Waals surface area (Å²) in [7, 11) is 0. The van der Waals surface area contributed by atoms with E-state index < -0.39 is 5.97 Å². The van der Waals surface area contributed by atoms with Gasteiger partial charge < -0.3 is 10.2 Å². The number of carbonyl (C=O) groups is 1. The molecule has 0 saturated carbocycles. The van der Waals surface area contributed by atoms with E-state index in [1.165, 1.54) is 11.8 Å². The highest BCUT2D eigenvalue weighted by atomic mass is 32.2. The van der Waals surface area contributed by atoms with Crippen LogP contribution in [0.15, 0.2) is 0 Å². The van der Waals surface area contributed by atoms with Gasteiger partial charge in [-0.1, -0.05) is 6.92 Å². The first-order valence-electron chi connectivity index (χ1n) is 3.14. The predicted octanol–water partition coefficient (Wildman–Crippen LogP) is 0.575. The molecule has 4 heteroatoms. The summed E-state index contributed by atoms with van der Waals surface area (Å²) >= 11 is 1.24. The minimum Gasteiger partial charge on any atom is -0.481 e. The molecule has 0 aliphatic carbocycles. The molecule has 0 aromatic heterocycles. The van der Waals surface area contributed by atoms with Gasteiger partial charge in [0.25, 0.3) is 0 Å². The molecule has 0 rings (SSSR count). The fraction of sp³-hybridized carbons (Fsp3) is 0.833. The van der Waals surface area contributed by atoms with Crippen LogP contribution in [0.25, 0.3) is 0 Å². The van der Waals surface area contributed by atoms with Crippen molar-refractivity contribution in [2.24, 2.45) is 0 Å². The number of thioether (sulfide) groups is 1. The van der Waals surface area contributed by atoms with Crippen molar-refractivity contribution < 1.29 is 15.0 Å². The molecule has 2 N–H and O–H groups in total. The lowest BCUT2D eigenvalue weighted by Gasteiger charge is -2.03. The molecule has 0 amide bonds. The Morgan fingerprint density at radius 1 is 1.70 bits per heavy atom. The zero-order valence-electron chi connectivity index (χ0n) is 5.91. The number of aliphatic carboxylic acids is 1.